The van der Waals surface area contributed by atoms with Crippen LogP contribution < -0.4 is 15.5 Å². The van der Waals surface area contributed by atoms with Gasteiger partial charge in [-0.15, -0.1) is 11.3 Å². The summed E-state index contributed by atoms with van der Waals surface area (Å²) in [5, 5.41) is 8.90. The Morgan fingerprint density at radius 3 is 3.00 bits per heavy atom. The number of aromatic nitrogens is 2. The summed E-state index contributed by atoms with van der Waals surface area (Å²) < 4.78 is 0. The van der Waals surface area contributed by atoms with E-state index in [9.17, 15) is 4.79 Å². The number of amides is 1. The van der Waals surface area contributed by atoms with Crippen LogP contribution in [0.4, 0.5) is 10.9 Å². The maximum Gasteiger partial charge on any atom is 0.251 e. The Labute approximate surface area is 133 Å². The first-order valence-electron chi connectivity index (χ1n) is 7.37. The van der Waals surface area contributed by atoms with Crippen molar-refractivity contribution in [1.29, 1.82) is 0 Å². The van der Waals surface area contributed by atoms with Gasteiger partial charge in [0.25, 0.3) is 5.91 Å². The van der Waals surface area contributed by atoms with Crippen LogP contribution in [-0.2, 0) is 6.54 Å². The summed E-state index contributed by atoms with van der Waals surface area (Å²) in [6.07, 6.45) is 4.10. The lowest BCUT2D eigenvalue weighted by atomic mass is 10.2. The summed E-state index contributed by atoms with van der Waals surface area (Å²) in [5.74, 6) is 0.562. The normalized spacial score (nSPS) is 14.1. The Hall–Kier alpha value is -2.15. The van der Waals surface area contributed by atoms with Gasteiger partial charge in [0.05, 0.1) is 12.2 Å². The van der Waals surface area contributed by atoms with E-state index < -0.39 is 0 Å². The monoisotopic (exact) mass is 317 g/mol. The van der Waals surface area contributed by atoms with Crippen molar-refractivity contribution >= 4 is 28.2 Å². The van der Waals surface area contributed by atoms with E-state index in [1.54, 1.807) is 36.7 Å². The average molecular weight is 317 g/mol. The molecule has 0 saturated carbocycles. The number of hydrogen-bond donors (Lipinski definition) is 2. The van der Waals surface area contributed by atoms with Crippen molar-refractivity contribution in [1.82, 2.24) is 15.3 Å². The molecule has 0 aliphatic carbocycles. The molecule has 0 atom stereocenters. The van der Waals surface area contributed by atoms with E-state index in [1.165, 1.54) is 12.8 Å². The topological polar surface area (TPSA) is 70.2 Å². The molecule has 0 bridgehead atoms. The Kier molecular flexibility index (Phi) is 4.53. The molecule has 0 aromatic carbocycles. The van der Waals surface area contributed by atoms with Gasteiger partial charge in [-0.1, -0.05) is 0 Å². The van der Waals surface area contributed by atoms with Gasteiger partial charge in [0, 0.05) is 37.3 Å². The highest BCUT2D eigenvalue weighted by atomic mass is 32.1. The van der Waals surface area contributed by atoms with E-state index in [0.29, 0.717) is 17.9 Å². The number of rotatable bonds is 5. The molecule has 1 fully saturated rings. The van der Waals surface area contributed by atoms with Gasteiger partial charge >= 0.3 is 0 Å². The van der Waals surface area contributed by atoms with E-state index in [4.69, 9.17) is 0 Å². The zero-order valence-electron chi connectivity index (χ0n) is 12.5. The van der Waals surface area contributed by atoms with Crippen LogP contribution in [0.2, 0.25) is 0 Å². The van der Waals surface area contributed by atoms with E-state index in [-0.39, 0.29) is 5.91 Å². The second-order valence-electron chi connectivity index (χ2n) is 5.18. The number of anilines is 2. The van der Waals surface area contributed by atoms with Crippen LogP contribution in [0.15, 0.2) is 23.7 Å². The van der Waals surface area contributed by atoms with Crippen molar-refractivity contribution < 1.29 is 4.79 Å². The standard InChI is InChI=1S/C15H19N5OS/c1-16-13-8-11(4-5-17-13)14(21)18-9-12-10-22-15(19-12)20-6-2-3-7-20/h4-5,8,10H,2-3,6-7,9H2,1H3,(H,16,17)(H,18,21). The third-order valence-electron chi connectivity index (χ3n) is 3.62. The molecule has 7 heteroatoms. The number of thiazole rings is 1. The third kappa shape index (κ3) is 3.36. The zero-order chi connectivity index (χ0) is 15.4. The quantitative estimate of drug-likeness (QED) is 0.884. The van der Waals surface area contributed by atoms with Crippen LogP contribution in [0.25, 0.3) is 0 Å². The summed E-state index contributed by atoms with van der Waals surface area (Å²) in [6, 6.07) is 3.43. The number of nitrogens with one attached hydrogen (secondary N) is 2. The van der Waals surface area contributed by atoms with Gasteiger partial charge in [-0.2, -0.15) is 0 Å². The minimum absolute atomic E-state index is 0.116. The fraction of sp³-hybridized carbons (Fsp3) is 0.400. The highest BCUT2D eigenvalue weighted by Crippen LogP contribution is 2.24. The smallest absolute Gasteiger partial charge is 0.251 e. The third-order valence-corrected chi connectivity index (χ3v) is 4.57. The molecule has 0 spiro atoms. The second kappa shape index (κ2) is 6.74. The Balaban J connectivity index is 1.58. The number of pyridine rings is 1. The first-order chi connectivity index (χ1) is 10.8. The summed E-state index contributed by atoms with van der Waals surface area (Å²) in [5.41, 5.74) is 1.50. The minimum atomic E-state index is -0.116. The number of nitrogens with zero attached hydrogens (tertiary/aromatic N) is 3. The van der Waals surface area contributed by atoms with Gasteiger partial charge in [0.1, 0.15) is 5.82 Å². The van der Waals surface area contributed by atoms with Crippen molar-refractivity contribution in [2.75, 3.05) is 30.4 Å². The van der Waals surface area contributed by atoms with Gasteiger partial charge in [0.15, 0.2) is 5.13 Å². The van der Waals surface area contributed by atoms with Crippen LogP contribution in [0.5, 0.6) is 0 Å². The number of carbonyl (C=O) groups is 1. The van der Waals surface area contributed by atoms with Crippen LogP contribution in [-0.4, -0.2) is 36.0 Å². The molecule has 0 unspecified atom stereocenters. The predicted molar refractivity (Wildman–Crippen MR) is 88.5 cm³/mol. The highest BCUT2D eigenvalue weighted by Gasteiger charge is 2.16. The summed E-state index contributed by atoms with van der Waals surface area (Å²) in [4.78, 5) is 23.1. The van der Waals surface area contributed by atoms with Crippen LogP contribution in [0.1, 0.15) is 28.9 Å². The van der Waals surface area contributed by atoms with Crippen molar-refractivity contribution in [3.8, 4) is 0 Å². The number of hydrogen-bond acceptors (Lipinski definition) is 6. The van der Waals surface area contributed by atoms with Crippen LogP contribution in [0, 0.1) is 0 Å². The highest BCUT2D eigenvalue weighted by molar-refractivity contribution is 7.13. The van der Waals surface area contributed by atoms with Crippen molar-refractivity contribution in [2.45, 2.75) is 19.4 Å². The van der Waals surface area contributed by atoms with E-state index in [1.807, 2.05) is 5.38 Å². The molecule has 116 valence electrons. The minimum Gasteiger partial charge on any atom is -0.373 e. The molecule has 22 heavy (non-hydrogen) atoms. The molecule has 1 amide bonds. The molecule has 2 aromatic rings. The Morgan fingerprint density at radius 2 is 2.23 bits per heavy atom. The van der Waals surface area contributed by atoms with Gasteiger partial charge in [-0.25, -0.2) is 9.97 Å². The Morgan fingerprint density at radius 1 is 1.41 bits per heavy atom. The SMILES string of the molecule is CNc1cc(C(=O)NCc2csc(N3CCCC3)n2)ccn1. The first-order valence-corrected chi connectivity index (χ1v) is 8.25. The van der Waals surface area contributed by atoms with E-state index >= 15 is 0 Å². The lowest BCUT2D eigenvalue weighted by Gasteiger charge is -2.12. The maximum atomic E-state index is 12.1. The summed E-state index contributed by atoms with van der Waals surface area (Å²) in [6.45, 7) is 2.62. The summed E-state index contributed by atoms with van der Waals surface area (Å²) in [7, 11) is 1.78. The van der Waals surface area contributed by atoms with Crippen molar-refractivity contribution in [2.24, 2.45) is 0 Å². The van der Waals surface area contributed by atoms with Gasteiger partial charge in [-0.05, 0) is 25.0 Å². The fourth-order valence-corrected chi connectivity index (χ4v) is 3.29. The molecular formula is C15H19N5OS. The van der Waals surface area contributed by atoms with Crippen molar-refractivity contribution in [3.63, 3.8) is 0 Å². The van der Waals surface area contributed by atoms with Gasteiger partial charge < -0.3 is 15.5 Å². The molecule has 1 saturated heterocycles. The molecule has 0 radical (unpaired) electrons. The van der Waals surface area contributed by atoms with E-state index in [2.05, 4.69) is 25.5 Å². The van der Waals surface area contributed by atoms with Crippen LogP contribution in [0.3, 0.4) is 0 Å². The van der Waals surface area contributed by atoms with Gasteiger partial charge in [-0.3, -0.25) is 4.79 Å². The average Bonchev–Trinajstić information content (AvgIpc) is 3.23. The van der Waals surface area contributed by atoms with Crippen LogP contribution >= 0.6 is 11.3 Å². The lowest BCUT2D eigenvalue weighted by Crippen LogP contribution is -2.23. The molecule has 3 heterocycles. The first kappa shape index (κ1) is 14.8. The number of carbonyl (C=O) groups excluding carboxylic acids is 1. The molecule has 1 aliphatic rings. The second-order valence-corrected chi connectivity index (χ2v) is 6.01. The molecule has 3 rings (SSSR count). The lowest BCUT2D eigenvalue weighted by molar-refractivity contribution is 0.0950. The zero-order valence-corrected chi connectivity index (χ0v) is 13.3. The maximum absolute atomic E-state index is 12.1. The van der Waals surface area contributed by atoms with Gasteiger partial charge in [0.2, 0.25) is 0 Å². The molecule has 6 nitrogen and oxygen atoms in total. The Bertz CT molecular complexity index is 651. The van der Waals surface area contributed by atoms with Crippen molar-refractivity contribution in [3.05, 3.63) is 35.0 Å². The molecule has 2 aromatic heterocycles. The largest absolute Gasteiger partial charge is 0.373 e. The predicted octanol–water partition coefficient (Wildman–Crippen LogP) is 2.11. The molecular weight excluding hydrogens is 298 g/mol. The molecule has 1 aliphatic heterocycles. The van der Waals surface area contributed by atoms with E-state index in [0.717, 1.165) is 23.9 Å². The fourth-order valence-electron chi connectivity index (χ4n) is 2.41. The molecule has 2 N–H and O–H groups in total. The summed E-state index contributed by atoms with van der Waals surface area (Å²) >= 11 is 1.64.